The van der Waals surface area contributed by atoms with Gasteiger partial charge in [0, 0.05) is 39.6 Å². The van der Waals surface area contributed by atoms with Crippen LogP contribution in [0.1, 0.15) is 11.1 Å². The number of nitrogens with zero attached hydrogens (tertiary/aromatic N) is 4. The maximum atomic E-state index is 5.03. The summed E-state index contributed by atoms with van der Waals surface area (Å²) in [5.74, 6) is 1.99. The van der Waals surface area contributed by atoms with E-state index in [1.807, 2.05) is 60.7 Å². The van der Waals surface area contributed by atoms with Crippen LogP contribution in [-0.4, -0.2) is 19.5 Å². The van der Waals surface area contributed by atoms with Crippen molar-refractivity contribution in [3.05, 3.63) is 169 Å². The molecule has 0 atom stereocenters. The summed E-state index contributed by atoms with van der Waals surface area (Å²) < 4.78 is 2.40. The fourth-order valence-corrected chi connectivity index (χ4v) is 6.09. The van der Waals surface area contributed by atoms with Crippen molar-refractivity contribution in [2.24, 2.45) is 0 Å². The topological polar surface area (TPSA) is 43.6 Å². The summed E-state index contributed by atoms with van der Waals surface area (Å²) in [4.78, 5) is 15.0. The first-order valence-corrected chi connectivity index (χ1v) is 14.9. The van der Waals surface area contributed by atoms with E-state index in [0.717, 1.165) is 28.7 Å². The van der Waals surface area contributed by atoms with Gasteiger partial charge < -0.3 is 4.57 Å². The van der Waals surface area contributed by atoms with Crippen LogP contribution in [0.3, 0.4) is 0 Å². The average Bonchev–Trinajstić information content (AvgIpc) is 3.44. The van der Waals surface area contributed by atoms with Crippen LogP contribution in [0.15, 0.2) is 158 Å². The summed E-state index contributed by atoms with van der Waals surface area (Å²) >= 11 is 0. The highest BCUT2D eigenvalue weighted by atomic mass is 15.0. The molecule has 0 amide bonds. The second-order valence-electron chi connectivity index (χ2n) is 10.9. The third-order valence-corrected chi connectivity index (χ3v) is 8.15. The summed E-state index contributed by atoms with van der Waals surface area (Å²) in [6.45, 7) is 0. The van der Waals surface area contributed by atoms with Crippen molar-refractivity contribution < 1.29 is 0 Å². The van der Waals surface area contributed by atoms with Crippen molar-refractivity contribution in [2.75, 3.05) is 0 Å². The van der Waals surface area contributed by atoms with E-state index in [1.165, 1.54) is 33.1 Å². The van der Waals surface area contributed by atoms with Gasteiger partial charge in [0.25, 0.3) is 0 Å². The Morgan fingerprint density at radius 3 is 1.45 bits per heavy atom. The van der Waals surface area contributed by atoms with Crippen LogP contribution in [0.5, 0.6) is 0 Å². The largest absolute Gasteiger partial charge is 0.309 e. The van der Waals surface area contributed by atoms with Crippen LogP contribution >= 0.6 is 0 Å². The molecule has 0 spiro atoms. The molecule has 2 heterocycles. The minimum Gasteiger partial charge on any atom is -0.309 e. The Bertz CT molecular complexity index is 2140. The van der Waals surface area contributed by atoms with Crippen LogP contribution < -0.4 is 0 Å². The van der Waals surface area contributed by atoms with Gasteiger partial charge in [0.2, 0.25) is 0 Å². The minimum absolute atomic E-state index is 0.662. The standard InChI is InChI=1S/C40H28N4/c1-3-15-28(16-4-1)38-41-39(29-17-5-2-6-18-29)43-40(42-38)32-21-9-7-19-30(32)27-31-20-8-12-24-35(31)44-36-25-13-10-22-33(36)34-23-11-14-26-37(34)44/h1-26H,27H2. The van der Waals surface area contributed by atoms with E-state index in [-0.39, 0.29) is 0 Å². The van der Waals surface area contributed by atoms with Crippen molar-refractivity contribution in [2.45, 2.75) is 6.42 Å². The molecule has 0 N–H and O–H groups in total. The van der Waals surface area contributed by atoms with E-state index < -0.39 is 0 Å². The smallest absolute Gasteiger partial charge is 0.164 e. The van der Waals surface area contributed by atoms with Crippen LogP contribution in [-0.2, 0) is 6.42 Å². The number of para-hydroxylation sites is 3. The first-order chi connectivity index (χ1) is 21.8. The highest BCUT2D eigenvalue weighted by molar-refractivity contribution is 6.09. The Kier molecular flexibility index (Phi) is 6.50. The van der Waals surface area contributed by atoms with E-state index in [0.29, 0.717) is 17.5 Å². The minimum atomic E-state index is 0.662. The molecule has 0 saturated heterocycles. The predicted molar refractivity (Wildman–Crippen MR) is 180 cm³/mol. The predicted octanol–water partition coefficient (Wildman–Crippen LogP) is 9.56. The molecule has 4 nitrogen and oxygen atoms in total. The first-order valence-electron chi connectivity index (χ1n) is 14.9. The molecule has 0 saturated carbocycles. The highest BCUT2D eigenvalue weighted by Crippen LogP contribution is 2.34. The lowest BCUT2D eigenvalue weighted by atomic mass is 9.97. The zero-order chi connectivity index (χ0) is 29.3. The molecular formula is C40H28N4. The maximum absolute atomic E-state index is 5.03. The van der Waals surface area contributed by atoms with Crippen molar-refractivity contribution in [1.29, 1.82) is 0 Å². The Balaban J connectivity index is 1.28. The third kappa shape index (κ3) is 4.63. The summed E-state index contributed by atoms with van der Waals surface area (Å²) in [5, 5.41) is 2.51. The van der Waals surface area contributed by atoms with Gasteiger partial charge in [0.1, 0.15) is 0 Å². The maximum Gasteiger partial charge on any atom is 0.164 e. The molecular weight excluding hydrogens is 536 g/mol. The molecule has 0 radical (unpaired) electrons. The van der Waals surface area contributed by atoms with Crippen molar-refractivity contribution in [3.8, 4) is 39.9 Å². The number of benzene rings is 6. The number of hydrogen-bond acceptors (Lipinski definition) is 3. The summed E-state index contributed by atoms with van der Waals surface area (Å²) in [6, 6.07) is 54.7. The van der Waals surface area contributed by atoms with Gasteiger partial charge in [0.15, 0.2) is 17.5 Å². The molecule has 0 bridgehead atoms. The molecule has 0 aliphatic carbocycles. The SMILES string of the molecule is c1ccc(-c2nc(-c3ccccc3)nc(-c3ccccc3Cc3ccccc3-n3c4ccccc4c4ccccc43)n2)cc1. The van der Waals surface area contributed by atoms with Crippen molar-refractivity contribution in [1.82, 2.24) is 19.5 Å². The number of rotatable bonds is 6. The first kappa shape index (κ1) is 25.8. The van der Waals surface area contributed by atoms with E-state index in [1.54, 1.807) is 0 Å². The van der Waals surface area contributed by atoms with Gasteiger partial charge in [-0.3, -0.25) is 0 Å². The molecule has 0 aliphatic rings. The molecule has 8 rings (SSSR count). The van der Waals surface area contributed by atoms with Crippen LogP contribution in [0.25, 0.3) is 61.7 Å². The zero-order valence-electron chi connectivity index (χ0n) is 24.0. The Morgan fingerprint density at radius 2 is 0.841 bits per heavy atom. The third-order valence-electron chi connectivity index (χ3n) is 8.15. The van der Waals surface area contributed by atoms with Crippen LogP contribution in [0.4, 0.5) is 0 Å². The van der Waals surface area contributed by atoms with Crippen LogP contribution in [0, 0.1) is 0 Å². The molecule has 6 aromatic carbocycles. The van der Waals surface area contributed by atoms with Gasteiger partial charge in [-0.25, -0.2) is 15.0 Å². The van der Waals surface area contributed by atoms with Crippen LogP contribution in [0.2, 0.25) is 0 Å². The Hall–Kier alpha value is -5.87. The molecule has 44 heavy (non-hydrogen) atoms. The molecule has 0 fully saturated rings. The lowest BCUT2D eigenvalue weighted by Crippen LogP contribution is -2.04. The number of fused-ring (bicyclic) bond motifs is 3. The number of aromatic nitrogens is 4. The van der Waals surface area contributed by atoms with Gasteiger partial charge in [0.05, 0.1) is 11.0 Å². The van der Waals surface area contributed by atoms with Gasteiger partial charge in [-0.2, -0.15) is 0 Å². The van der Waals surface area contributed by atoms with E-state index in [9.17, 15) is 0 Å². The second-order valence-corrected chi connectivity index (χ2v) is 10.9. The second kappa shape index (κ2) is 11.1. The fraction of sp³-hybridized carbons (Fsp3) is 0.0250. The summed E-state index contributed by atoms with van der Waals surface area (Å²) in [6.07, 6.45) is 0.722. The van der Waals surface area contributed by atoms with Gasteiger partial charge in [-0.1, -0.05) is 140 Å². The summed E-state index contributed by atoms with van der Waals surface area (Å²) in [5.41, 5.74) is 8.88. The monoisotopic (exact) mass is 564 g/mol. The van der Waals surface area contributed by atoms with Gasteiger partial charge in [-0.15, -0.1) is 0 Å². The van der Waals surface area contributed by atoms with Crippen molar-refractivity contribution in [3.63, 3.8) is 0 Å². The fourth-order valence-electron chi connectivity index (χ4n) is 6.09. The lowest BCUT2D eigenvalue weighted by molar-refractivity contribution is 1.06. The molecule has 0 aliphatic heterocycles. The van der Waals surface area contributed by atoms with Crippen molar-refractivity contribution >= 4 is 21.8 Å². The molecule has 2 aromatic heterocycles. The Morgan fingerprint density at radius 1 is 0.386 bits per heavy atom. The quantitative estimate of drug-likeness (QED) is 0.202. The average molecular weight is 565 g/mol. The lowest BCUT2D eigenvalue weighted by Gasteiger charge is -2.16. The van der Waals surface area contributed by atoms with Gasteiger partial charge >= 0.3 is 0 Å². The van der Waals surface area contributed by atoms with Gasteiger partial charge in [-0.05, 0) is 29.3 Å². The molecule has 208 valence electrons. The Labute approximate surface area is 256 Å². The molecule has 8 aromatic rings. The molecule has 0 unspecified atom stereocenters. The normalized spacial score (nSPS) is 11.3. The van der Waals surface area contributed by atoms with E-state index in [2.05, 4.69) is 102 Å². The number of hydrogen-bond donors (Lipinski definition) is 0. The summed E-state index contributed by atoms with van der Waals surface area (Å²) in [7, 11) is 0. The molecule has 4 heteroatoms. The zero-order valence-corrected chi connectivity index (χ0v) is 24.0. The van der Waals surface area contributed by atoms with E-state index >= 15 is 0 Å². The highest BCUT2D eigenvalue weighted by Gasteiger charge is 2.18. The van der Waals surface area contributed by atoms with E-state index in [4.69, 9.17) is 15.0 Å².